The minimum absolute atomic E-state index is 0. The monoisotopic (exact) mass is 634 g/mol. The molecule has 0 aromatic heterocycles. The molecular weight excluding hydrogens is 609 g/mol. The van der Waals surface area contributed by atoms with Crippen molar-refractivity contribution >= 4 is 60.2 Å². The molecule has 19 heteroatoms. The van der Waals surface area contributed by atoms with Crippen molar-refractivity contribution in [3.8, 4) is 0 Å². The van der Waals surface area contributed by atoms with Crippen LogP contribution in [0.25, 0.3) is 0 Å². The fourth-order valence-corrected chi connectivity index (χ4v) is 3.27. The van der Waals surface area contributed by atoms with E-state index in [2.05, 4.69) is 20.6 Å². The van der Waals surface area contributed by atoms with E-state index in [1.165, 1.54) is 34.1 Å². The van der Waals surface area contributed by atoms with Crippen LogP contribution in [0.2, 0.25) is 0 Å². The molecule has 4 rings (SSSR count). The number of amides is 4. The maximum absolute atomic E-state index is 12.5. The normalized spacial score (nSPS) is 14.2. The smallest absolute Gasteiger partial charge is 0.412 e. The summed E-state index contributed by atoms with van der Waals surface area (Å²) in [5.41, 5.74) is 9.39. The van der Waals surface area contributed by atoms with E-state index >= 15 is 0 Å². The van der Waals surface area contributed by atoms with Gasteiger partial charge in [-0.2, -0.15) is 26.3 Å². The summed E-state index contributed by atoms with van der Waals surface area (Å²) in [5.74, 6) is 0.119. The zero-order valence-corrected chi connectivity index (χ0v) is 22.4. The molecule has 2 aliphatic heterocycles. The Hall–Kier alpha value is -3.96. The van der Waals surface area contributed by atoms with E-state index in [-0.39, 0.29) is 53.6 Å². The number of carbonyl (C=O) groups excluding carboxylic acids is 2. The van der Waals surface area contributed by atoms with Crippen molar-refractivity contribution in [1.82, 2.24) is 9.80 Å². The van der Waals surface area contributed by atoms with Crippen LogP contribution in [0.4, 0.5) is 47.3 Å². The van der Waals surface area contributed by atoms with Gasteiger partial charge in [0.25, 0.3) is 0 Å². The van der Waals surface area contributed by atoms with Gasteiger partial charge in [0.2, 0.25) is 0 Å². The van der Waals surface area contributed by atoms with E-state index in [1.807, 2.05) is 0 Å². The van der Waals surface area contributed by atoms with Crippen molar-refractivity contribution in [2.24, 2.45) is 21.5 Å². The van der Waals surface area contributed by atoms with Gasteiger partial charge in [-0.3, -0.25) is 19.8 Å². The molecule has 0 spiro atoms. The molecule has 2 aromatic rings. The third kappa shape index (κ3) is 10.2. The van der Waals surface area contributed by atoms with Crippen molar-refractivity contribution in [1.29, 1.82) is 0 Å². The standard InChI is InChI=1S/2C11H11F3N4O.2ClH.H2O/c2*12-11(13,14)7-2-1-3-8(6-7)17-10(19)18-5-4-16-9(18)15;;;/h2*1-3,6H,4-5H2,(H2,15,16)(H,17,19);2*1H;1H2. The Morgan fingerprint density at radius 1 is 0.707 bits per heavy atom. The Morgan fingerprint density at radius 2 is 1.05 bits per heavy atom. The van der Waals surface area contributed by atoms with Crippen molar-refractivity contribution in [2.45, 2.75) is 12.4 Å². The molecule has 0 saturated heterocycles. The summed E-state index contributed by atoms with van der Waals surface area (Å²) in [6, 6.07) is 7.58. The third-order valence-electron chi connectivity index (χ3n) is 5.12. The maximum Gasteiger partial charge on any atom is 0.416 e. The van der Waals surface area contributed by atoms with Crippen molar-refractivity contribution in [3.05, 3.63) is 59.7 Å². The summed E-state index contributed by atoms with van der Waals surface area (Å²) in [7, 11) is 0. The first-order valence-corrected chi connectivity index (χ1v) is 10.9. The number of benzene rings is 2. The lowest BCUT2D eigenvalue weighted by Crippen LogP contribution is -2.41. The number of nitrogens with zero attached hydrogens (tertiary/aromatic N) is 4. The number of alkyl halides is 6. The van der Waals surface area contributed by atoms with Crippen LogP contribution in [-0.4, -0.2) is 65.4 Å². The van der Waals surface area contributed by atoms with E-state index in [0.29, 0.717) is 26.2 Å². The summed E-state index contributed by atoms with van der Waals surface area (Å²) in [6.07, 6.45) is -8.90. The first kappa shape index (κ1) is 37.0. The summed E-state index contributed by atoms with van der Waals surface area (Å²) >= 11 is 0. The molecule has 8 N–H and O–H groups in total. The van der Waals surface area contributed by atoms with Gasteiger partial charge < -0.3 is 27.6 Å². The number of nitrogens with one attached hydrogen (secondary N) is 2. The third-order valence-corrected chi connectivity index (χ3v) is 5.12. The highest BCUT2D eigenvalue weighted by molar-refractivity contribution is 6.03. The molecule has 0 radical (unpaired) electrons. The van der Waals surface area contributed by atoms with E-state index in [1.54, 1.807) is 0 Å². The molecular formula is C22H26Cl2F6N8O3. The number of hydrogen-bond acceptors (Lipinski definition) is 6. The van der Waals surface area contributed by atoms with Gasteiger partial charge in [0.05, 0.1) is 37.3 Å². The Kier molecular flexibility index (Phi) is 13.7. The molecule has 228 valence electrons. The van der Waals surface area contributed by atoms with Crippen LogP contribution in [0, 0.1) is 0 Å². The number of guanidine groups is 2. The van der Waals surface area contributed by atoms with Gasteiger partial charge >= 0.3 is 24.4 Å². The average Bonchev–Trinajstić information content (AvgIpc) is 3.46. The van der Waals surface area contributed by atoms with Crippen LogP contribution in [0.1, 0.15) is 11.1 Å². The molecule has 11 nitrogen and oxygen atoms in total. The van der Waals surface area contributed by atoms with Gasteiger partial charge in [-0.1, -0.05) is 12.1 Å². The van der Waals surface area contributed by atoms with Crippen LogP contribution in [-0.2, 0) is 12.4 Å². The van der Waals surface area contributed by atoms with Crippen LogP contribution in [0.15, 0.2) is 58.5 Å². The zero-order valence-electron chi connectivity index (χ0n) is 20.8. The lowest BCUT2D eigenvalue weighted by Gasteiger charge is -2.16. The largest absolute Gasteiger partial charge is 0.416 e. The second-order valence-electron chi connectivity index (χ2n) is 7.80. The van der Waals surface area contributed by atoms with Gasteiger partial charge in [-0.25, -0.2) is 9.59 Å². The molecule has 0 saturated carbocycles. The minimum Gasteiger partial charge on any atom is -0.412 e. The van der Waals surface area contributed by atoms with Crippen molar-refractivity contribution in [3.63, 3.8) is 0 Å². The number of anilines is 2. The van der Waals surface area contributed by atoms with Gasteiger partial charge in [0.1, 0.15) is 0 Å². The molecule has 0 fully saturated rings. The highest BCUT2D eigenvalue weighted by Gasteiger charge is 2.32. The van der Waals surface area contributed by atoms with Gasteiger partial charge in [0.15, 0.2) is 11.9 Å². The Bertz CT molecular complexity index is 1160. The topological polar surface area (TPSA) is 173 Å². The number of halogens is 8. The predicted octanol–water partition coefficient (Wildman–Crippen LogP) is 3.75. The first-order valence-electron chi connectivity index (χ1n) is 10.9. The zero-order chi connectivity index (χ0) is 28.1. The lowest BCUT2D eigenvalue weighted by molar-refractivity contribution is -0.138. The Balaban J connectivity index is 0.000000727. The second-order valence-corrected chi connectivity index (χ2v) is 7.80. The predicted molar refractivity (Wildman–Crippen MR) is 145 cm³/mol. The van der Waals surface area contributed by atoms with E-state index < -0.39 is 35.5 Å². The maximum atomic E-state index is 12.5. The molecule has 0 bridgehead atoms. The van der Waals surface area contributed by atoms with Crippen molar-refractivity contribution in [2.75, 3.05) is 36.8 Å². The minimum atomic E-state index is -4.45. The van der Waals surface area contributed by atoms with E-state index in [0.717, 1.165) is 24.3 Å². The Morgan fingerprint density at radius 3 is 1.32 bits per heavy atom. The molecule has 2 aromatic carbocycles. The molecule has 4 amide bonds. The highest BCUT2D eigenvalue weighted by atomic mass is 35.5. The fourth-order valence-electron chi connectivity index (χ4n) is 3.27. The summed E-state index contributed by atoms with van der Waals surface area (Å²) in [4.78, 5) is 33.5. The average molecular weight is 635 g/mol. The molecule has 2 aliphatic rings. The van der Waals surface area contributed by atoms with E-state index in [4.69, 9.17) is 11.5 Å². The van der Waals surface area contributed by atoms with E-state index in [9.17, 15) is 35.9 Å². The number of urea groups is 2. The molecule has 0 aliphatic carbocycles. The van der Waals surface area contributed by atoms with Crippen LogP contribution in [0.5, 0.6) is 0 Å². The molecule has 41 heavy (non-hydrogen) atoms. The quantitative estimate of drug-likeness (QED) is 0.369. The lowest BCUT2D eigenvalue weighted by atomic mass is 10.2. The summed E-state index contributed by atoms with van der Waals surface area (Å²) in [5, 5.41) is 4.71. The molecule has 0 atom stereocenters. The first-order chi connectivity index (χ1) is 17.8. The van der Waals surface area contributed by atoms with Gasteiger partial charge in [-0.05, 0) is 36.4 Å². The number of rotatable bonds is 2. The van der Waals surface area contributed by atoms with Crippen LogP contribution >= 0.6 is 24.8 Å². The molecule has 2 heterocycles. The highest BCUT2D eigenvalue weighted by Crippen LogP contribution is 2.31. The van der Waals surface area contributed by atoms with Crippen LogP contribution < -0.4 is 22.1 Å². The fraction of sp³-hybridized carbons (Fsp3) is 0.273. The number of carbonyl (C=O) groups is 2. The van der Waals surface area contributed by atoms with Crippen molar-refractivity contribution < 1.29 is 41.4 Å². The second kappa shape index (κ2) is 15.2. The summed E-state index contributed by atoms with van der Waals surface area (Å²) in [6.45, 7) is 1.41. The Labute approximate surface area is 241 Å². The van der Waals surface area contributed by atoms with Gasteiger partial charge in [0, 0.05) is 11.4 Å². The molecule has 0 unspecified atom stereocenters. The van der Waals surface area contributed by atoms with Crippen LogP contribution in [0.3, 0.4) is 0 Å². The summed E-state index contributed by atoms with van der Waals surface area (Å²) < 4.78 is 75.0. The van der Waals surface area contributed by atoms with Gasteiger partial charge in [-0.15, -0.1) is 24.8 Å². The number of aliphatic imine (C=N–C) groups is 2. The number of nitrogens with two attached hydrogens (primary N) is 2. The number of hydrogen-bond donors (Lipinski definition) is 4. The SMILES string of the molecule is Cl.Cl.NC1=NCCN1C(=O)Nc1cccc(C(F)(F)F)c1.NC1=NCCN1C(=O)Nc1cccc(C(F)(F)F)c1.O.